The molecule has 3 rings (SSSR count). The first-order valence-electron chi connectivity index (χ1n) is 7.54. The lowest BCUT2D eigenvalue weighted by molar-refractivity contribution is 0.00115. The Kier molecular flexibility index (Phi) is 3.34. The minimum atomic E-state index is -0.199. The second-order valence-corrected chi connectivity index (χ2v) is 6.11. The number of benzene rings is 1. The van der Waals surface area contributed by atoms with Crippen LogP contribution in [-0.4, -0.2) is 11.4 Å². The molecule has 0 aromatic heterocycles. The quantitative estimate of drug-likeness (QED) is 0.786. The lowest BCUT2D eigenvalue weighted by Crippen LogP contribution is -2.44. The van der Waals surface area contributed by atoms with E-state index in [-0.39, 0.29) is 11.4 Å². The maximum absolute atomic E-state index is 12.3. The van der Waals surface area contributed by atoms with Gasteiger partial charge in [0, 0.05) is 0 Å². The van der Waals surface area contributed by atoms with Crippen LogP contribution in [-0.2, 0) is 0 Å². The van der Waals surface area contributed by atoms with E-state index in [2.05, 4.69) is 6.92 Å². The third-order valence-corrected chi connectivity index (χ3v) is 4.71. The molecule has 1 aromatic rings. The average Bonchev–Trinajstić information content (AvgIpc) is 2.42. The minimum absolute atomic E-state index is 0.199. The highest BCUT2D eigenvalue weighted by Gasteiger charge is 2.42. The number of carbonyl (C=O) groups is 1. The van der Waals surface area contributed by atoms with E-state index in [0.29, 0.717) is 6.42 Å². The van der Waals surface area contributed by atoms with Gasteiger partial charge in [0.1, 0.15) is 11.4 Å². The topological polar surface area (TPSA) is 26.3 Å². The van der Waals surface area contributed by atoms with Crippen LogP contribution in [0.4, 0.5) is 0 Å². The largest absolute Gasteiger partial charge is 0.486 e. The van der Waals surface area contributed by atoms with Crippen molar-refractivity contribution < 1.29 is 9.53 Å². The summed E-state index contributed by atoms with van der Waals surface area (Å²) < 4.78 is 6.24. The molecule has 2 aliphatic rings. The fourth-order valence-corrected chi connectivity index (χ4v) is 3.62. The molecular weight excluding hydrogens is 236 g/mol. The van der Waals surface area contributed by atoms with E-state index in [4.69, 9.17) is 4.74 Å². The van der Waals surface area contributed by atoms with Crippen LogP contribution in [0.1, 0.15) is 62.2 Å². The summed E-state index contributed by atoms with van der Waals surface area (Å²) >= 11 is 0. The summed E-state index contributed by atoms with van der Waals surface area (Å²) in [5.41, 5.74) is 0.569. The number of Topliss-reactive ketones (excluding diaryl/α,β-unsaturated/α-hetero) is 1. The molecule has 1 spiro atoms. The third kappa shape index (κ3) is 2.41. The Morgan fingerprint density at radius 1 is 1.26 bits per heavy atom. The van der Waals surface area contributed by atoms with E-state index in [1.54, 1.807) is 0 Å². The van der Waals surface area contributed by atoms with Crippen LogP contribution in [0, 0.1) is 5.92 Å². The van der Waals surface area contributed by atoms with Gasteiger partial charge in [-0.3, -0.25) is 4.79 Å². The molecular formula is C17H22O2. The van der Waals surface area contributed by atoms with Gasteiger partial charge in [-0.2, -0.15) is 0 Å². The number of ketones is 1. The molecule has 19 heavy (non-hydrogen) atoms. The number of ether oxygens (including phenoxy) is 1. The molecule has 0 N–H and O–H groups in total. The molecule has 1 fully saturated rings. The standard InChI is InChI=1S/C17H22O2/c1-2-5-13-8-10-17(11-9-13)12-15(18)14-6-3-4-7-16(14)19-17/h3-4,6-7,13H,2,5,8-12H2,1H3. The van der Waals surface area contributed by atoms with Gasteiger partial charge in [-0.1, -0.05) is 31.9 Å². The summed E-state index contributed by atoms with van der Waals surface area (Å²) in [6.45, 7) is 2.25. The Bertz CT molecular complexity index is 470. The van der Waals surface area contributed by atoms with Gasteiger partial charge in [0.2, 0.25) is 0 Å². The highest BCUT2D eigenvalue weighted by Crippen LogP contribution is 2.43. The van der Waals surface area contributed by atoms with Crippen LogP contribution in [0.25, 0.3) is 0 Å². The number of hydrogen-bond acceptors (Lipinski definition) is 2. The van der Waals surface area contributed by atoms with Gasteiger partial charge in [-0.25, -0.2) is 0 Å². The zero-order chi connectivity index (χ0) is 13.3. The van der Waals surface area contributed by atoms with Crippen molar-refractivity contribution in [2.24, 2.45) is 5.92 Å². The van der Waals surface area contributed by atoms with E-state index in [1.807, 2.05) is 24.3 Å². The Balaban J connectivity index is 1.76. The average molecular weight is 258 g/mol. The molecule has 0 unspecified atom stereocenters. The summed E-state index contributed by atoms with van der Waals surface area (Å²) in [5, 5.41) is 0. The van der Waals surface area contributed by atoms with Crippen LogP contribution in [0.2, 0.25) is 0 Å². The number of carbonyl (C=O) groups excluding carboxylic acids is 1. The van der Waals surface area contributed by atoms with Crippen LogP contribution in [0.5, 0.6) is 5.75 Å². The molecule has 2 heteroatoms. The second-order valence-electron chi connectivity index (χ2n) is 6.11. The molecule has 2 nitrogen and oxygen atoms in total. The third-order valence-electron chi connectivity index (χ3n) is 4.71. The van der Waals surface area contributed by atoms with Crippen LogP contribution in [0.3, 0.4) is 0 Å². The predicted octanol–water partition coefficient (Wildman–Crippen LogP) is 4.38. The summed E-state index contributed by atoms with van der Waals surface area (Å²) in [5.74, 6) is 1.90. The van der Waals surface area contributed by atoms with Gasteiger partial charge in [-0.15, -0.1) is 0 Å². The first-order valence-corrected chi connectivity index (χ1v) is 7.54. The Hall–Kier alpha value is -1.31. The Morgan fingerprint density at radius 2 is 2.00 bits per heavy atom. The van der Waals surface area contributed by atoms with E-state index >= 15 is 0 Å². The van der Waals surface area contributed by atoms with Crippen molar-refractivity contribution in [1.82, 2.24) is 0 Å². The maximum atomic E-state index is 12.3. The van der Waals surface area contributed by atoms with Gasteiger partial charge in [0.05, 0.1) is 12.0 Å². The second kappa shape index (κ2) is 4.99. The molecule has 0 amide bonds. The molecule has 102 valence electrons. The highest BCUT2D eigenvalue weighted by atomic mass is 16.5. The maximum Gasteiger partial charge on any atom is 0.170 e. The lowest BCUT2D eigenvalue weighted by Gasteiger charge is -2.42. The zero-order valence-corrected chi connectivity index (χ0v) is 11.7. The van der Waals surface area contributed by atoms with Gasteiger partial charge in [0.15, 0.2) is 5.78 Å². The van der Waals surface area contributed by atoms with Gasteiger partial charge >= 0.3 is 0 Å². The summed E-state index contributed by atoms with van der Waals surface area (Å²) in [6, 6.07) is 7.68. The summed E-state index contributed by atoms with van der Waals surface area (Å²) in [7, 11) is 0. The lowest BCUT2D eigenvalue weighted by atomic mass is 9.73. The van der Waals surface area contributed by atoms with E-state index < -0.39 is 0 Å². The molecule has 0 atom stereocenters. The zero-order valence-electron chi connectivity index (χ0n) is 11.7. The molecule has 1 saturated carbocycles. The van der Waals surface area contributed by atoms with Crippen molar-refractivity contribution in [3.8, 4) is 5.75 Å². The first-order chi connectivity index (χ1) is 9.22. The van der Waals surface area contributed by atoms with Gasteiger partial charge in [-0.05, 0) is 43.7 Å². The van der Waals surface area contributed by atoms with Crippen LogP contribution in [0.15, 0.2) is 24.3 Å². The van der Waals surface area contributed by atoms with E-state index in [1.165, 1.54) is 25.7 Å². The van der Waals surface area contributed by atoms with Crippen LogP contribution < -0.4 is 4.74 Å². The smallest absolute Gasteiger partial charge is 0.170 e. The molecule has 0 saturated heterocycles. The number of hydrogen-bond donors (Lipinski definition) is 0. The fourth-order valence-electron chi connectivity index (χ4n) is 3.62. The van der Waals surface area contributed by atoms with Crippen molar-refractivity contribution >= 4 is 5.78 Å². The molecule has 1 heterocycles. The minimum Gasteiger partial charge on any atom is -0.486 e. The predicted molar refractivity (Wildman–Crippen MR) is 75.6 cm³/mol. The van der Waals surface area contributed by atoms with E-state index in [9.17, 15) is 4.79 Å². The monoisotopic (exact) mass is 258 g/mol. The molecule has 1 aromatic carbocycles. The molecule has 0 bridgehead atoms. The van der Waals surface area contributed by atoms with Crippen LogP contribution >= 0.6 is 0 Å². The number of para-hydroxylation sites is 1. The Labute approximate surface area is 115 Å². The van der Waals surface area contributed by atoms with Crippen molar-refractivity contribution in [3.63, 3.8) is 0 Å². The summed E-state index contributed by atoms with van der Waals surface area (Å²) in [6.07, 6.45) is 7.66. The van der Waals surface area contributed by atoms with Crippen molar-refractivity contribution in [2.75, 3.05) is 0 Å². The van der Waals surface area contributed by atoms with Crippen molar-refractivity contribution in [3.05, 3.63) is 29.8 Å². The van der Waals surface area contributed by atoms with Crippen molar-refractivity contribution in [1.29, 1.82) is 0 Å². The number of rotatable bonds is 2. The normalized spacial score (nSPS) is 29.9. The van der Waals surface area contributed by atoms with Gasteiger partial charge in [0.25, 0.3) is 0 Å². The molecule has 1 aliphatic carbocycles. The first kappa shape index (κ1) is 12.7. The van der Waals surface area contributed by atoms with E-state index in [0.717, 1.165) is 30.1 Å². The Morgan fingerprint density at radius 3 is 2.74 bits per heavy atom. The van der Waals surface area contributed by atoms with Crippen molar-refractivity contribution in [2.45, 2.75) is 57.5 Å². The highest BCUT2D eigenvalue weighted by molar-refractivity contribution is 6.00. The molecule has 0 radical (unpaired) electrons. The van der Waals surface area contributed by atoms with Gasteiger partial charge < -0.3 is 4.74 Å². The summed E-state index contributed by atoms with van der Waals surface area (Å²) in [4.78, 5) is 12.3. The SMILES string of the molecule is CCCC1CCC2(CC1)CC(=O)c1ccccc1O2. The fraction of sp³-hybridized carbons (Fsp3) is 0.588. The number of fused-ring (bicyclic) bond motifs is 1. The molecule has 1 aliphatic heterocycles.